The minimum Gasteiger partial charge on any atom is -0.384 e. The quantitative estimate of drug-likeness (QED) is 0.707. The van der Waals surface area contributed by atoms with Gasteiger partial charge in [0.2, 0.25) is 10.0 Å². The normalized spacial score (nSPS) is 20.7. The first-order valence-corrected chi connectivity index (χ1v) is 6.88. The Labute approximate surface area is 91.6 Å². The van der Waals surface area contributed by atoms with E-state index in [1.807, 2.05) is 0 Å². The summed E-state index contributed by atoms with van der Waals surface area (Å²) in [6.07, 6.45) is 1.77. The fourth-order valence-corrected chi connectivity index (χ4v) is 3.19. The first kappa shape index (κ1) is 12.9. The van der Waals surface area contributed by atoms with Crippen molar-refractivity contribution in [1.29, 1.82) is 0 Å². The average molecular weight is 236 g/mol. The highest BCUT2D eigenvalue weighted by Gasteiger charge is 2.26. The minimum absolute atomic E-state index is 0.0575. The van der Waals surface area contributed by atoms with Crippen molar-refractivity contribution in [3.63, 3.8) is 0 Å². The summed E-state index contributed by atoms with van der Waals surface area (Å²) in [5.41, 5.74) is 5.27. The zero-order chi connectivity index (χ0) is 11.3. The lowest BCUT2D eigenvalue weighted by Crippen LogP contribution is -2.41. The molecule has 1 saturated heterocycles. The molecule has 0 bridgehead atoms. The third-order valence-corrected chi connectivity index (χ3v) is 4.65. The van der Waals surface area contributed by atoms with Crippen molar-refractivity contribution in [2.24, 2.45) is 11.7 Å². The molecule has 0 saturated carbocycles. The van der Waals surface area contributed by atoms with Gasteiger partial charge in [0.15, 0.2) is 0 Å². The van der Waals surface area contributed by atoms with E-state index in [0.717, 1.165) is 19.4 Å². The number of methoxy groups -OCH3 is 1. The van der Waals surface area contributed by atoms with E-state index in [1.165, 1.54) is 0 Å². The van der Waals surface area contributed by atoms with Crippen LogP contribution in [0.2, 0.25) is 0 Å². The lowest BCUT2D eigenvalue weighted by molar-refractivity contribution is 0.121. The molecule has 1 aliphatic rings. The molecule has 0 spiro atoms. The molecule has 0 amide bonds. The van der Waals surface area contributed by atoms with E-state index in [1.54, 1.807) is 11.4 Å². The Morgan fingerprint density at radius 3 is 2.47 bits per heavy atom. The molecular weight excluding hydrogens is 216 g/mol. The molecule has 0 aromatic rings. The van der Waals surface area contributed by atoms with E-state index >= 15 is 0 Å². The molecular formula is C9H20N2O3S. The van der Waals surface area contributed by atoms with Gasteiger partial charge in [0.1, 0.15) is 0 Å². The number of nitrogens with zero attached hydrogens (tertiary/aromatic N) is 1. The Balaban J connectivity index is 2.43. The van der Waals surface area contributed by atoms with Gasteiger partial charge in [-0.25, -0.2) is 12.7 Å². The zero-order valence-electron chi connectivity index (χ0n) is 9.18. The molecule has 15 heavy (non-hydrogen) atoms. The summed E-state index contributed by atoms with van der Waals surface area (Å²) in [5.74, 6) is 0.557. The molecule has 0 unspecified atom stereocenters. The van der Waals surface area contributed by atoms with Crippen molar-refractivity contribution < 1.29 is 13.2 Å². The highest BCUT2D eigenvalue weighted by Crippen LogP contribution is 2.19. The second kappa shape index (κ2) is 5.79. The maximum absolute atomic E-state index is 11.7. The number of hydrogen-bond donors (Lipinski definition) is 1. The third kappa shape index (κ3) is 3.71. The first-order chi connectivity index (χ1) is 7.10. The van der Waals surface area contributed by atoms with Gasteiger partial charge in [-0.3, -0.25) is 0 Å². The van der Waals surface area contributed by atoms with Gasteiger partial charge in [0.05, 0.1) is 5.75 Å². The van der Waals surface area contributed by atoms with Crippen molar-refractivity contribution in [2.45, 2.75) is 12.8 Å². The molecule has 0 atom stereocenters. The summed E-state index contributed by atoms with van der Waals surface area (Å²) in [4.78, 5) is 0. The van der Waals surface area contributed by atoms with Gasteiger partial charge in [0.25, 0.3) is 0 Å². The van der Waals surface area contributed by atoms with Crippen LogP contribution in [0.5, 0.6) is 0 Å². The maximum Gasteiger partial charge on any atom is 0.215 e. The summed E-state index contributed by atoms with van der Waals surface area (Å²) >= 11 is 0. The summed E-state index contributed by atoms with van der Waals surface area (Å²) in [6, 6.07) is 0. The van der Waals surface area contributed by atoms with Crippen molar-refractivity contribution in [1.82, 2.24) is 4.31 Å². The standard InChI is InChI=1S/C9H20N2O3S/c1-14-8-9-2-5-11(6-3-9)15(12,13)7-4-10/h9H,2-8,10H2,1H3. The van der Waals surface area contributed by atoms with Crippen LogP contribution in [0.1, 0.15) is 12.8 Å². The Morgan fingerprint density at radius 2 is 2.00 bits per heavy atom. The number of nitrogens with two attached hydrogens (primary N) is 1. The third-order valence-electron chi connectivity index (χ3n) is 2.75. The smallest absolute Gasteiger partial charge is 0.215 e. The fraction of sp³-hybridized carbons (Fsp3) is 1.00. The van der Waals surface area contributed by atoms with Gasteiger partial charge >= 0.3 is 0 Å². The van der Waals surface area contributed by atoms with E-state index < -0.39 is 10.0 Å². The highest BCUT2D eigenvalue weighted by atomic mass is 32.2. The molecule has 1 heterocycles. The van der Waals surface area contributed by atoms with E-state index in [4.69, 9.17) is 10.5 Å². The summed E-state index contributed by atoms with van der Waals surface area (Å²) in [6.45, 7) is 2.14. The van der Waals surface area contributed by atoms with E-state index in [-0.39, 0.29) is 12.3 Å². The molecule has 0 aromatic carbocycles. The Hall–Kier alpha value is -0.170. The van der Waals surface area contributed by atoms with Crippen molar-refractivity contribution in [3.05, 3.63) is 0 Å². The first-order valence-electron chi connectivity index (χ1n) is 5.27. The number of sulfonamides is 1. The van der Waals surface area contributed by atoms with Gasteiger partial charge in [-0.15, -0.1) is 0 Å². The molecule has 1 rings (SSSR count). The van der Waals surface area contributed by atoms with Crippen LogP contribution < -0.4 is 5.73 Å². The second-order valence-corrected chi connectivity index (χ2v) is 5.99. The summed E-state index contributed by atoms with van der Waals surface area (Å²) in [5, 5.41) is 0. The molecule has 90 valence electrons. The number of hydrogen-bond acceptors (Lipinski definition) is 4. The second-order valence-electron chi connectivity index (χ2n) is 3.90. The lowest BCUT2D eigenvalue weighted by atomic mass is 9.99. The molecule has 1 fully saturated rings. The van der Waals surface area contributed by atoms with Crippen LogP contribution in [0.3, 0.4) is 0 Å². The van der Waals surface area contributed by atoms with E-state index in [2.05, 4.69) is 0 Å². The monoisotopic (exact) mass is 236 g/mol. The highest BCUT2D eigenvalue weighted by molar-refractivity contribution is 7.89. The SMILES string of the molecule is COCC1CCN(S(=O)(=O)CCN)CC1. The van der Waals surface area contributed by atoms with Crippen molar-refractivity contribution >= 4 is 10.0 Å². The van der Waals surface area contributed by atoms with Gasteiger partial charge in [0, 0.05) is 33.4 Å². The van der Waals surface area contributed by atoms with E-state index in [0.29, 0.717) is 19.0 Å². The van der Waals surface area contributed by atoms with Crippen molar-refractivity contribution in [3.8, 4) is 0 Å². The van der Waals surface area contributed by atoms with Crippen LogP contribution >= 0.6 is 0 Å². The van der Waals surface area contributed by atoms with Gasteiger partial charge < -0.3 is 10.5 Å². The van der Waals surface area contributed by atoms with Crippen LogP contribution in [-0.4, -0.2) is 51.8 Å². The molecule has 0 aliphatic carbocycles. The molecule has 5 nitrogen and oxygen atoms in total. The summed E-state index contributed by atoms with van der Waals surface area (Å²) < 4.78 is 29.9. The van der Waals surface area contributed by atoms with Crippen LogP contribution in [0.25, 0.3) is 0 Å². The summed E-state index contributed by atoms with van der Waals surface area (Å²) in [7, 11) is -1.43. The number of rotatable bonds is 5. The van der Waals surface area contributed by atoms with Gasteiger partial charge in [-0.2, -0.15) is 0 Å². The Kier molecular flexibility index (Phi) is 4.98. The fourth-order valence-electron chi connectivity index (χ4n) is 1.87. The largest absolute Gasteiger partial charge is 0.384 e. The van der Waals surface area contributed by atoms with Crippen LogP contribution in [0.4, 0.5) is 0 Å². The topological polar surface area (TPSA) is 72.6 Å². The predicted molar refractivity (Wildman–Crippen MR) is 59.0 cm³/mol. The van der Waals surface area contributed by atoms with E-state index in [9.17, 15) is 8.42 Å². The number of piperidine rings is 1. The number of ether oxygens (including phenoxy) is 1. The van der Waals surface area contributed by atoms with Gasteiger partial charge in [-0.1, -0.05) is 0 Å². The Morgan fingerprint density at radius 1 is 1.40 bits per heavy atom. The molecule has 0 aromatic heterocycles. The predicted octanol–water partition coefficient (Wildman–Crippen LogP) is -0.367. The van der Waals surface area contributed by atoms with Crippen LogP contribution in [0.15, 0.2) is 0 Å². The Bertz CT molecular complexity index is 271. The molecule has 6 heteroatoms. The molecule has 1 aliphatic heterocycles. The maximum atomic E-state index is 11.7. The lowest BCUT2D eigenvalue weighted by Gasteiger charge is -2.30. The van der Waals surface area contributed by atoms with Crippen LogP contribution in [-0.2, 0) is 14.8 Å². The average Bonchev–Trinajstić information content (AvgIpc) is 2.19. The molecule has 2 N–H and O–H groups in total. The van der Waals surface area contributed by atoms with Crippen LogP contribution in [0, 0.1) is 5.92 Å². The minimum atomic E-state index is -3.10. The zero-order valence-corrected chi connectivity index (χ0v) is 10.0. The van der Waals surface area contributed by atoms with Gasteiger partial charge in [-0.05, 0) is 18.8 Å². The van der Waals surface area contributed by atoms with Crippen molar-refractivity contribution in [2.75, 3.05) is 39.1 Å². The molecule has 0 radical (unpaired) electrons.